The third-order valence-corrected chi connectivity index (χ3v) is 4.21. The monoisotopic (exact) mass is 306 g/mol. The number of nitrogens with zero attached hydrogens (tertiary/aromatic N) is 2. The fourth-order valence-electron chi connectivity index (χ4n) is 1.98. The van der Waals surface area contributed by atoms with Gasteiger partial charge in [0.15, 0.2) is 5.13 Å². The van der Waals surface area contributed by atoms with Crippen molar-refractivity contribution in [3.63, 3.8) is 0 Å². The molecular formula is C12H19ClN2O3S. The maximum atomic E-state index is 11.1. The molecule has 0 N–H and O–H groups in total. The molecule has 1 aromatic heterocycles. The van der Waals surface area contributed by atoms with Crippen molar-refractivity contribution < 1.29 is 14.3 Å². The van der Waals surface area contributed by atoms with E-state index < -0.39 is 0 Å². The van der Waals surface area contributed by atoms with Crippen molar-refractivity contribution in [3.05, 3.63) is 11.1 Å². The highest BCUT2D eigenvalue weighted by Gasteiger charge is 2.24. The van der Waals surface area contributed by atoms with Gasteiger partial charge in [-0.1, -0.05) is 0 Å². The molecule has 2 heterocycles. The van der Waals surface area contributed by atoms with Crippen LogP contribution in [0.2, 0.25) is 0 Å². The van der Waals surface area contributed by atoms with E-state index in [2.05, 4.69) is 14.6 Å². The van der Waals surface area contributed by atoms with Crippen LogP contribution >= 0.6 is 23.7 Å². The van der Waals surface area contributed by atoms with Crippen LogP contribution < -0.4 is 4.90 Å². The van der Waals surface area contributed by atoms with Crippen molar-refractivity contribution in [1.29, 1.82) is 0 Å². The van der Waals surface area contributed by atoms with Crippen LogP contribution in [0.25, 0.3) is 0 Å². The SMILES string of the molecule is COC(=O)CCc1cnc(N2CC[C@@H](OC)C2)s1.Cl. The largest absolute Gasteiger partial charge is 0.469 e. The smallest absolute Gasteiger partial charge is 0.305 e. The molecule has 0 saturated carbocycles. The minimum Gasteiger partial charge on any atom is -0.469 e. The molecule has 0 aliphatic carbocycles. The molecule has 1 aromatic rings. The number of thiazole rings is 1. The molecule has 1 atom stereocenters. The minimum atomic E-state index is -0.175. The van der Waals surface area contributed by atoms with Gasteiger partial charge in [-0.15, -0.1) is 23.7 Å². The maximum absolute atomic E-state index is 11.1. The van der Waals surface area contributed by atoms with Gasteiger partial charge in [-0.05, 0) is 12.8 Å². The summed E-state index contributed by atoms with van der Waals surface area (Å²) in [6.45, 7) is 1.89. The van der Waals surface area contributed by atoms with Crippen molar-refractivity contribution in [2.75, 3.05) is 32.2 Å². The zero-order valence-corrected chi connectivity index (χ0v) is 12.8. The predicted molar refractivity (Wildman–Crippen MR) is 77.3 cm³/mol. The number of aromatic nitrogens is 1. The maximum Gasteiger partial charge on any atom is 0.305 e. The molecular weight excluding hydrogens is 288 g/mol. The van der Waals surface area contributed by atoms with E-state index in [4.69, 9.17) is 4.74 Å². The summed E-state index contributed by atoms with van der Waals surface area (Å²) < 4.78 is 9.96. The standard InChI is InChI=1S/C12H18N2O3S.ClH/c1-16-9-5-6-14(8-9)12-13-7-10(18-12)3-4-11(15)17-2;/h7,9H,3-6,8H2,1-2H3;1H/t9-;/m1./s1. The molecule has 1 fully saturated rings. The van der Waals surface area contributed by atoms with Gasteiger partial charge in [-0.2, -0.15) is 0 Å². The number of rotatable bonds is 5. The Morgan fingerprint density at radius 1 is 1.58 bits per heavy atom. The zero-order chi connectivity index (χ0) is 13.0. The minimum absolute atomic E-state index is 0. The van der Waals surface area contributed by atoms with Crippen LogP contribution in [-0.4, -0.2) is 44.4 Å². The van der Waals surface area contributed by atoms with Gasteiger partial charge < -0.3 is 14.4 Å². The molecule has 5 nitrogen and oxygen atoms in total. The molecule has 1 aliphatic rings. The Hall–Kier alpha value is -0.850. The van der Waals surface area contributed by atoms with E-state index in [0.717, 1.165) is 29.5 Å². The van der Waals surface area contributed by atoms with Gasteiger partial charge >= 0.3 is 5.97 Å². The number of methoxy groups -OCH3 is 2. The van der Waals surface area contributed by atoms with Crippen LogP contribution in [0.4, 0.5) is 5.13 Å². The molecule has 0 amide bonds. The second kappa shape index (κ2) is 7.67. The van der Waals surface area contributed by atoms with E-state index in [0.29, 0.717) is 18.9 Å². The number of ether oxygens (including phenoxy) is 2. The van der Waals surface area contributed by atoms with E-state index in [9.17, 15) is 4.79 Å². The van der Waals surface area contributed by atoms with Gasteiger partial charge in [-0.25, -0.2) is 4.98 Å². The topological polar surface area (TPSA) is 51.7 Å². The number of hydrogen-bond acceptors (Lipinski definition) is 6. The first-order valence-corrected chi connectivity index (χ1v) is 6.84. The molecule has 1 aliphatic heterocycles. The number of carbonyl (C=O) groups is 1. The first-order valence-electron chi connectivity index (χ1n) is 6.02. The average molecular weight is 307 g/mol. The number of halogens is 1. The van der Waals surface area contributed by atoms with E-state index in [-0.39, 0.29) is 18.4 Å². The Kier molecular flexibility index (Phi) is 6.54. The Bertz CT molecular complexity index is 413. The van der Waals surface area contributed by atoms with E-state index in [1.807, 2.05) is 6.20 Å². The lowest BCUT2D eigenvalue weighted by atomic mass is 10.3. The molecule has 1 saturated heterocycles. The second-order valence-corrected chi connectivity index (χ2v) is 5.37. The Morgan fingerprint density at radius 2 is 2.37 bits per heavy atom. The van der Waals surface area contributed by atoms with E-state index in [1.54, 1.807) is 18.4 Å². The number of aryl methyl sites for hydroxylation is 1. The fraction of sp³-hybridized carbons (Fsp3) is 0.667. The lowest BCUT2D eigenvalue weighted by molar-refractivity contribution is -0.140. The highest BCUT2D eigenvalue weighted by Crippen LogP contribution is 2.27. The second-order valence-electron chi connectivity index (χ2n) is 4.28. The van der Waals surface area contributed by atoms with Crippen molar-refractivity contribution in [3.8, 4) is 0 Å². The molecule has 0 radical (unpaired) electrons. The summed E-state index contributed by atoms with van der Waals surface area (Å²) in [5.74, 6) is -0.175. The van der Waals surface area contributed by atoms with E-state index in [1.165, 1.54) is 7.11 Å². The summed E-state index contributed by atoms with van der Waals surface area (Å²) in [5, 5.41) is 1.02. The molecule has 19 heavy (non-hydrogen) atoms. The summed E-state index contributed by atoms with van der Waals surface area (Å²) in [7, 11) is 3.16. The third-order valence-electron chi connectivity index (χ3n) is 3.09. The number of anilines is 1. The van der Waals surface area contributed by atoms with Crippen LogP contribution in [0.1, 0.15) is 17.7 Å². The van der Waals surface area contributed by atoms with Gasteiger partial charge in [-0.3, -0.25) is 4.79 Å². The van der Waals surface area contributed by atoms with Crippen LogP contribution in [0.15, 0.2) is 6.20 Å². The highest BCUT2D eigenvalue weighted by atomic mass is 35.5. The highest BCUT2D eigenvalue weighted by molar-refractivity contribution is 7.15. The quantitative estimate of drug-likeness (QED) is 0.778. The first kappa shape index (κ1) is 16.2. The van der Waals surface area contributed by atoms with E-state index >= 15 is 0 Å². The average Bonchev–Trinajstić information content (AvgIpc) is 3.03. The van der Waals surface area contributed by atoms with Gasteiger partial charge in [0.1, 0.15) is 0 Å². The third kappa shape index (κ3) is 4.33. The Labute approximate surface area is 123 Å². The van der Waals surface area contributed by atoms with Crippen LogP contribution in [0.3, 0.4) is 0 Å². The van der Waals surface area contributed by atoms with Gasteiger partial charge in [0.05, 0.1) is 19.6 Å². The van der Waals surface area contributed by atoms with Crippen molar-refractivity contribution in [2.24, 2.45) is 0 Å². The number of hydrogen-bond donors (Lipinski definition) is 0. The molecule has 2 rings (SSSR count). The zero-order valence-electron chi connectivity index (χ0n) is 11.1. The lowest BCUT2D eigenvalue weighted by Gasteiger charge is -2.13. The molecule has 0 bridgehead atoms. The predicted octanol–water partition coefficient (Wildman–Crippen LogP) is 1.90. The summed E-state index contributed by atoms with van der Waals surface area (Å²) in [6, 6.07) is 0. The van der Waals surface area contributed by atoms with Crippen molar-refractivity contribution >= 4 is 34.8 Å². The van der Waals surface area contributed by atoms with Crippen molar-refractivity contribution in [1.82, 2.24) is 4.98 Å². The number of carbonyl (C=O) groups excluding carboxylic acids is 1. The van der Waals surface area contributed by atoms with Crippen LogP contribution in [0.5, 0.6) is 0 Å². The normalized spacial score (nSPS) is 18.2. The summed E-state index contributed by atoms with van der Waals surface area (Å²) in [5.41, 5.74) is 0. The fourth-order valence-corrected chi connectivity index (χ4v) is 2.92. The van der Waals surface area contributed by atoms with Crippen LogP contribution in [-0.2, 0) is 20.7 Å². The molecule has 0 aromatic carbocycles. The Morgan fingerprint density at radius 3 is 3.00 bits per heavy atom. The molecule has 0 unspecified atom stereocenters. The molecule has 108 valence electrons. The first-order chi connectivity index (χ1) is 8.72. The number of esters is 1. The summed E-state index contributed by atoms with van der Waals surface area (Å²) in [6.07, 6.45) is 4.33. The summed E-state index contributed by atoms with van der Waals surface area (Å²) in [4.78, 5) is 18.8. The van der Waals surface area contributed by atoms with Gasteiger partial charge in [0.2, 0.25) is 0 Å². The summed E-state index contributed by atoms with van der Waals surface area (Å²) >= 11 is 1.65. The Balaban J connectivity index is 0.00000180. The molecule has 7 heteroatoms. The van der Waals surface area contributed by atoms with Gasteiger partial charge in [0, 0.05) is 31.3 Å². The lowest BCUT2D eigenvalue weighted by Crippen LogP contribution is -2.21. The van der Waals surface area contributed by atoms with Gasteiger partial charge in [0.25, 0.3) is 0 Å². The molecule has 0 spiro atoms. The van der Waals surface area contributed by atoms with Crippen molar-refractivity contribution in [2.45, 2.75) is 25.4 Å². The van der Waals surface area contributed by atoms with Crippen LogP contribution in [0, 0.1) is 0 Å².